The number of aliphatic hydroxyl groups excluding tert-OH is 1. The van der Waals surface area contributed by atoms with Gasteiger partial charge in [0.15, 0.2) is 0 Å². The van der Waals surface area contributed by atoms with E-state index in [-0.39, 0.29) is 12.0 Å². The molecule has 0 spiro atoms. The molecule has 7 heteroatoms. The van der Waals surface area contributed by atoms with Gasteiger partial charge in [0.1, 0.15) is 0 Å². The van der Waals surface area contributed by atoms with Gasteiger partial charge in [-0.1, -0.05) is 6.42 Å². The first kappa shape index (κ1) is 20.0. The number of rotatable bonds is 6. The summed E-state index contributed by atoms with van der Waals surface area (Å²) in [5, 5.41) is 16.1. The van der Waals surface area contributed by atoms with Gasteiger partial charge in [-0.25, -0.2) is 9.97 Å². The van der Waals surface area contributed by atoms with Gasteiger partial charge in [-0.3, -0.25) is 4.79 Å². The second-order valence-corrected chi connectivity index (χ2v) is 7.88. The molecule has 0 bridgehead atoms. The number of ether oxygens (including phenoxy) is 1. The summed E-state index contributed by atoms with van der Waals surface area (Å²) < 4.78 is 5.43. The van der Waals surface area contributed by atoms with Crippen molar-refractivity contribution in [3.05, 3.63) is 17.5 Å². The number of nitrogens with zero attached hydrogens (tertiary/aromatic N) is 2. The Morgan fingerprint density at radius 3 is 2.70 bits per heavy atom. The molecule has 27 heavy (non-hydrogen) atoms. The number of methoxy groups -OCH3 is 1. The first-order valence-corrected chi connectivity index (χ1v) is 10.1. The second kappa shape index (κ2) is 9.46. The summed E-state index contributed by atoms with van der Waals surface area (Å²) in [5.74, 6) is 0.792. The molecule has 0 unspecified atom stereocenters. The number of amides is 1. The average molecular weight is 377 g/mol. The number of nitrogens with one attached hydrogen (secondary N) is 2. The van der Waals surface area contributed by atoms with Crippen molar-refractivity contribution in [3.8, 4) is 0 Å². The van der Waals surface area contributed by atoms with Crippen molar-refractivity contribution in [2.24, 2.45) is 5.92 Å². The molecule has 1 amide bonds. The van der Waals surface area contributed by atoms with Crippen LogP contribution in [0.5, 0.6) is 0 Å². The molecule has 2 aliphatic rings. The van der Waals surface area contributed by atoms with Crippen molar-refractivity contribution in [1.29, 1.82) is 0 Å². The van der Waals surface area contributed by atoms with Crippen molar-refractivity contribution >= 4 is 11.9 Å². The quantitative estimate of drug-likeness (QED) is 0.705. The molecule has 0 saturated heterocycles. The summed E-state index contributed by atoms with van der Waals surface area (Å²) in [6.07, 6.45) is 10.3. The third kappa shape index (κ3) is 5.39. The van der Waals surface area contributed by atoms with Gasteiger partial charge in [0, 0.05) is 26.4 Å². The van der Waals surface area contributed by atoms with Crippen LogP contribution >= 0.6 is 0 Å². The highest BCUT2D eigenvalue weighted by Crippen LogP contribution is 2.28. The van der Waals surface area contributed by atoms with Crippen LogP contribution in [0.15, 0.2) is 6.20 Å². The lowest BCUT2D eigenvalue weighted by Crippen LogP contribution is -2.30. The van der Waals surface area contributed by atoms with Gasteiger partial charge in [0.05, 0.1) is 23.5 Å². The van der Waals surface area contributed by atoms with Gasteiger partial charge in [0.2, 0.25) is 5.95 Å². The SMILES string of the molecule is CNC(=O)c1cnc(NC2CCC(OC)CC2)nc1C[C@@H]1CCC[C@H](O)C1. The normalized spacial score (nSPS) is 28.6. The highest BCUT2D eigenvalue weighted by Gasteiger charge is 2.25. The molecule has 1 heterocycles. The van der Waals surface area contributed by atoms with E-state index in [1.54, 1.807) is 20.4 Å². The fourth-order valence-electron chi connectivity index (χ4n) is 4.31. The Morgan fingerprint density at radius 1 is 1.26 bits per heavy atom. The van der Waals surface area contributed by atoms with Crippen LogP contribution in [-0.4, -0.2) is 53.4 Å². The Morgan fingerprint density at radius 2 is 2.04 bits per heavy atom. The smallest absolute Gasteiger partial charge is 0.254 e. The Labute approximate surface area is 161 Å². The van der Waals surface area contributed by atoms with E-state index in [0.29, 0.717) is 36.0 Å². The lowest BCUT2D eigenvalue weighted by atomic mass is 9.84. The third-order valence-corrected chi connectivity index (χ3v) is 5.92. The van der Waals surface area contributed by atoms with E-state index in [4.69, 9.17) is 9.72 Å². The number of carbonyl (C=O) groups is 1. The van der Waals surface area contributed by atoms with E-state index in [1.807, 2.05) is 0 Å². The van der Waals surface area contributed by atoms with E-state index >= 15 is 0 Å². The van der Waals surface area contributed by atoms with E-state index in [0.717, 1.165) is 57.1 Å². The molecule has 0 radical (unpaired) electrons. The van der Waals surface area contributed by atoms with Gasteiger partial charge >= 0.3 is 0 Å². The molecule has 7 nitrogen and oxygen atoms in total. The van der Waals surface area contributed by atoms with Crippen LogP contribution in [-0.2, 0) is 11.2 Å². The first-order chi connectivity index (χ1) is 13.1. The molecule has 1 aromatic heterocycles. The highest BCUT2D eigenvalue weighted by molar-refractivity contribution is 5.94. The molecule has 2 atom stereocenters. The fraction of sp³-hybridized carbons (Fsp3) is 0.750. The molecule has 150 valence electrons. The van der Waals surface area contributed by atoms with Crippen LogP contribution in [0.2, 0.25) is 0 Å². The maximum Gasteiger partial charge on any atom is 0.254 e. The van der Waals surface area contributed by atoms with Crippen LogP contribution in [0.3, 0.4) is 0 Å². The molecular weight excluding hydrogens is 344 g/mol. The third-order valence-electron chi connectivity index (χ3n) is 5.92. The zero-order chi connectivity index (χ0) is 19.2. The molecule has 3 N–H and O–H groups in total. The van der Waals surface area contributed by atoms with Crippen LogP contribution in [0.4, 0.5) is 5.95 Å². The maximum atomic E-state index is 12.2. The topological polar surface area (TPSA) is 96.4 Å². The lowest BCUT2D eigenvalue weighted by Gasteiger charge is -2.28. The highest BCUT2D eigenvalue weighted by atomic mass is 16.5. The number of carbonyl (C=O) groups excluding carboxylic acids is 1. The summed E-state index contributed by atoms with van der Waals surface area (Å²) in [7, 11) is 3.39. The van der Waals surface area contributed by atoms with Crippen molar-refractivity contribution < 1.29 is 14.6 Å². The zero-order valence-corrected chi connectivity index (χ0v) is 16.4. The standard InChI is InChI=1S/C20H32N4O3/c1-21-19(26)17-12-22-20(23-14-6-8-16(27-2)9-7-14)24-18(17)11-13-4-3-5-15(25)10-13/h12-16,25H,3-11H2,1-2H3,(H,21,26)(H,22,23,24)/t13-,14?,15+,16?/m1/s1. The molecule has 0 aliphatic heterocycles. The summed E-state index contributed by atoms with van der Waals surface area (Å²) in [6.45, 7) is 0. The monoisotopic (exact) mass is 376 g/mol. The number of aromatic nitrogens is 2. The molecule has 0 aromatic carbocycles. The molecule has 3 rings (SSSR count). The zero-order valence-electron chi connectivity index (χ0n) is 16.4. The minimum atomic E-state index is -0.234. The number of hydrogen-bond acceptors (Lipinski definition) is 6. The predicted octanol–water partition coefficient (Wildman–Crippen LogP) is 2.30. The minimum Gasteiger partial charge on any atom is -0.393 e. The Hall–Kier alpha value is -1.73. The van der Waals surface area contributed by atoms with Crippen LogP contribution < -0.4 is 10.6 Å². The second-order valence-electron chi connectivity index (χ2n) is 7.88. The Bertz CT molecular complexity index is 632. The molecule has 2 aliphatic carbocycles. The predicted molar refractivity (Wildman–Crippen MR) is 104 cm³/mol. The summed E-state index contributed by atoms with van der Waals surface area (Å²) in [5.41, 5.74) is 1.31. The van der Waals surface area contributed by atoms with Crippen molar-refractivity contribution in [3.63, 3.8) is 0 Å². The number of aliphatic hydroxyl groups is 1. The van der Waals surface area contributed by atoms with Gasteiger partial charge in [-0.2, -0.15) is 0 Å². The Kier molecular flexibility index (Phi) is 7.01. The lowest BCUT2D eigenvalue weighted by molar-refractivity contribution is 0.0681. The van der Waals surface area contributed by atoms with Crippen LogP contribution in [0, 0.1) is 5.92 Å². The van der Waals surface area contributed by atoms with Gasteiger partial charge < -0.3 is 20.5 Å². The van der Waals surface area contributed by atoms with Crippen molar-refractivity contribution in [2.75, 3.05) is 19.5 Å². The van der Waals surface area contributed by atoms with E-state index in [9.17, 15) is 9.90 Å². The number of hydrogen-bond donors (Lipinski definition) is 3. The van der Waals surface area contributed by atoms with Gasteiger partial charge in [-0.15, -0.1) is 0 Å². The summed E-state index contributed by atoms with van der Waals surface area (Å²) in [6, 6.07) is 0.339. The summed E-state index contributed by atoms with van der Waals surface area (Å²) >= 11 is 0. The minimum absolute atomic E-state index is 0.159. The average Bonchev–Trinajstić information content (AvgIpc) is 2.68. The first-order valence-electron chi connectivity index (χ1n) is 10.1. The van der Waals surface area contributed by atoms with Crippen molar-refractivity contribution in [1.82, 2.24) is 15.3 Å². The van der Waals surface area contributed by atoms with Gasteiger partial charge in [-0.05, 0) is 57.3 Å². The molecule has 2 fully saturated rings. The van der Waals surface area contributed by atoms with Crippen LogP contribution in [0.25, 0.3) is 0 Å². The maximum absolute atomic E-state index is 12.2. The fourth-order valence-corrected chi connectivity index (χ4v) is 4.31. The van der Waals surface area contributed by atoms with Crippen LogP contribution in [0.1, 0.15) is 67.4 Å². The van der Waals surface area contributed by atoms with E-state index in [2.05, 4.69) is 15.6 Å². The van der Waals surface area contributed by atoms with Gasteiger partial charge in [0.25, 0.3) is 5.91 Å². The molecule has 2 saturated carbocycles. The largest absolute Gasteiger partial charge is 0.393 e. The number of anilines is 1. The molecule has 1 aromatic rings. The van der Waals surface area contributed by atoms with Crippen molar-refractivity contribution in [2.45, 2.75) is 76.0 Å². The Balaban J connectivity index is 1.71. The molecular formula is C20H32N4O3. The van der Waals surface area contributed by atoms with E-state index in [1.165, 1.54) is 0 Å². The summed E-state index contributed by atoms with van der Waals surface area (Å²) in [4.78, 5) is 21.3. The van der Waals surface area contributed by atoms with E-state index < -0.39 is 0 Å².